The molecular formula is C21H51N13O10. The van der Waals surface area contributed by atoms with Gasteiger partial charge in [-0.3, -0.25) is 0 Å². The van der Waals surface area contributed by atoms with Gasteiger partial charge in [-0.05, 0) is 0 Å². The summed E-state index contributed by atoms with van der Waals surface area (Å²) in [6.45, 7) is 3.02. The summed E-state index contributed by atoms with van der Waals surface area (Å²) < 4.78 is 0. The second-order valence-corrected chi connectivity index (χ2v) is 6.99. The van der Waals surface area contributed by atoms with E-state index in [1.165, 1.54) is 35.8 Å². The van der Waals surface area contributed by atoms with Gasteiger partial charge in [-0.1, -0.05) is 7.43 Å². The van der Waals surface area contributed by atoms with Crippen LogP contribution in [0.25, 0.3) is 0 Å². The Morgan fingerprint density at radius 1 is 0.591 bits per heavy atom. The number of rotatable bonds is 12. The number of likely N-dealkylation sites (N-methyl/N-ethyl adjacent to an activating group) is 3. The first-order valence-electron chi connectivity index (χ1n) is 11.7. The van der Waals surface area contributed by atoms with Crippen LogP contribution in [0.1, 0.15) is 7.43 Å². The molecule has 0 rings (SSSR count). The van der Waals surface area contributed by atoms with Crippen LogP contribution < -0.4 is 44.6 Å². The number of nitrogens with one attached hydrogen (secondary N) is 5. The molecule has 0 aromatic heterocycles. The Bertz CT molecular complexity index is 743. The summed E-state index contributed by atoms with van der Waals surface area (Å²) >= 11 is 0. The molecule has 0 aliphatic carbocycles. The van der Waals surface area contributed by atoms with Crippen LogP contribution >= 0.6 is 0 Å². The van der Waals surface area contributed by atoms with Gasteiger partial charge in [0.05, 0.1) is 19.8 Å². The maximum absolute atomic E-state index is 10.4. The van der Waals surface area contributed by atoms with Crippen molar-refractivity contribution in [2.75, 3.05) is 86.8 Å². The zero-order chi connectivity index (χ0) is 35.2. The van der Waals surface area contributed by atoms with Crippen LogP contribution in [0, 0.1) is 10.8 Å². The van der Waals surface area contributed by atoms with Crippen LogP contribution in [0.3, 0.4) is 0 Å². The van der Waals surface area contributed by atoms with Gasteiger partial charge in [0.2, 0.25) is 12.2 Å². The number of aliphatic hydroxyl groups is 3. The lowest BCUT2D eigenvalue weighted by atomic mass is 10.5. The highest BCUT2D eigenvalue weighted by atomic mass is 16.3. The number of primary amides is 5. The smallest absolute Gasteiger partial charge is 0.314 e. The Hall–Kier alpha value is -5.05. The molecule has 18 N–H and O–H groups in total. The normalized spacial score (nSPS) is 7.86. The number of nitrogens with two attached hydrogens (primary N) is 5. The van der Waals surface area contributed by atoms with Crippen molar-refractivity contribution >= 4 is 42.3 Å². The van der Waals surface area contributed by atoms with Gasteiger partial charge in [0.1, 0.15) is 0 Å². The highest BCUT2D eigenvalue weighted by molar-refractivity contribution is 5.73. The molecule has 0 saturated heterocycles. The lowest BCUT2D eigenvalue weighted by Crippen LogP contribution is -2.40. The lowest BCUT2D eigenvalue weighted by Gasteiger charge is -2.13. The zero-order valence-corrected chi connectivity index (χ0v) is 24.5. The predicted molar refractivity (Wildman–Crippen MR) is 159 cm³/mol. The summed E-state index contributed by atoms with van der Waals surface area (Å²) in [6, 6.07) is -2.79. The number of amides is 10. The molecule has 0 unspecified atom stereocenters. The molecule has 0 saturated carbocycles. The third-order valence-corrected chi connectivity index (χ3v) is 3.63. The first-order chi connectivity index (χ1) is 20.0. The predicted octanol–water partition coefficient (Wildman–Crippen LogP) is -4.68. The summed E-state index contributed by atoms with van der Waals surface area (Å²) in [5, 5.41) is 42.8. The van der Waals surface area contributed by atoms with Crippen molar-refractivity contribution in [3.05, 3.63) is 0 Å². The zero-order valence-electron chi connectivity index (χ0n) is 24.5. The van der Waals surface area contributed by atoms with E-state index in [4.69, 9.17) is 64.4 Å². The second-order valence-electron chi connectivity index (χ2n) is 6.99. The van der Waals surface area contributed by atoms with Crippen LogP contribution in [0.5, 0.6) is 0 Å². The summed E-state index contributed by atoms with van der Waals surface area (Å²) in [5.41, 5.74) is 24.1. The largest absolute Gasteiger partial charge is 0.395 e. The molecular weight excluding hydrogens is 594 g/mol. The minimum absolute atomic E-state index is 0. The lowest BCUT2D eigenvalue weighted by molar-refractivity contribution is 0.198. The maximum Gasteiger partial charge on any atom is 0.314 e. The van der Waals surface area contributed by atoms with E-state index in [0.717, 1.165) is 12.2 Å². The fraction of sp³-hybridized carbons (Fsp3) is 0.667. The number of carbonyl (C=O) groups is 5. The Balaban J connectivity index is -0.0000000785. The van der Waals surface area contributed by atoms with E-state index in [1.54, 1.807) is 0 Å². The van der Waals surface area contributed by atoms with Gasteiger partial charge in [-0.25, -0.2) is 44.4 Å². The second kappa shape index (κ2) is 45.0. The minimum atomic E-state index is -0.608. The number of isocyanates is 2. The fourth-order valence-corrected chi connectivity index (χ4v) is 1.46. The van der Waals surface area contributed by atoms with E-state index in [9.17, 15) is 24.0 Å². The van der Waals surface area contributed by atoms with E-state index in [0.29, 0.717) is 45.8 Å². The molecule has 0 bridgehead atoms. The molecule has 10 amide bonds. The first-order valence-corrected chi connectivity index (χ1v) is 11.7. The van der Waals surface area contributed by atoms with Crippen LogP contribution in [0.2, 0.25) is 0 Å². The molecule has 0 spiro atoms. The van der Waals surface area contributed by atoms with Gasteiger partial charge in [0.25, 0.3) is 0 Å². The SMILES string of the molecule is C.CN(CCNC(N)=O)C(N)=O.CN(CCNC(N)=O)C(N)=O.CN(CCO)C(N)=O.N=C=O.N=C=O.OCCNCCO. The number of aliphatic hydroxyl groups excluding tert-OH is 3. The van der Waals surface area contributed by atoms with E-state index >= 15 is 0 Å². The molecule has 0 aromatic rings. The van der Waals surface area contributed by atoms with Gasteiger partial charge in [0.15, 0.2) is 0 Å². The van der Waals surface area contributed by atoms with Crippen molar-refractivity contribution in [1.82, 2.24) is 30.7 Å². The van der Waals surface area contributed by atoms with Crippen LogP contribution in [-0.2, 0) is 9.59 Å². The molecule has 0 fully saturated rings. The fourth-order valence-electron chi connectivity index (χ4n) is 1.46. The standard InChI is InChI=1S/2C5H12N4O2.C4H10N2O2.C4H11NO2.2CHNO.CH4/c2*1-9(5(7)11)3-2-8-4(6)10;1-6(2-3-7)4(5)8;6-3-1-5-2-4-7;2*2-1-3;/h2*2-3H2,1H3,(H2,7,11)(H3,6,8,10);7H,2-3H2,1H3,(H2,5,8);5-7H,1-4H2;2*2H;1H4. The summed E-state index contributed by atoms with van der Waals surface area (Å²) in [5.74, 6) is 0. The third kappa shape index (κ3) is 70.9. The maximum atomic E-state index is 10.4. The van der Waals surface area contributed by atoms with E-state index < -0.39 is 30.2 Å². The quantitative estimate of drug-likeness (QED) is 0.0543. The molecule has 0 aliphatic heterocycles. The van der Waals surface area contributed by atoms with Gasteiger partial charge >= 0.3 is 30.2 Å². The molecule has 0 heterocycles. The topological polar surface area (TPSA) is 404 Å². The van der Waals surface area contributed by atoms with Crippen molar-refractivity contribution in [3.63, 3.8) is 0 Å². The van der Waals surface area contributed by atoms with E-state index in [-0.39, 0.29) is 27.2 Å². The summed E-state index contributed by atoms with van der Waals surface area (Å²) in [7, 11) is 4.59. The van der Waals surface area contributed by atoms with Crippen molar-refractivity contribution in [1.29, 1.82) is 10.8 Å². The van der Waals surface area contributed by atoms with E-state index in [1.807, 2.05) is 0 Å². The molecule has 44 heavy (non-hydrogen) atoms. The Morgan fingerprint density at radius 3 is 1.00 bits per heavy atom. The van der Waals surface area contributed by atoms with Crippen LogP contribution in [0.15, 0.2) is 0 Å². The third-order valence-electron chi connectivity index (χ3n) is 3.63. The van der Waals surface area contributed by atoms with Crippen molar-refractivity contribution in [2.45, 2.75) is 7.43 Å². The average molecular weight is 646 g/mol. The van der Waals surface area contributed by atoms with Crippen LogP contribution in [0.4, 0.5) is 24.0 Å². The Morgan fingerprint density at radius 2 is 0.841 bits per heavy atom. The van der Waals surface area contributed by atoms with Crippen LogP contribution in [-0.4, -0.2) is 159 Å². The van der Waals surface area contributed by atoms with Crippen molar-refractivity contribution in [2.24, 2.45) is 28.7 Å². The van der Waals surface area contributed by atoms with Gasteiger partial charge in [-0.2, -0.15) is 0 Å². The number of urea groups is 5. The van der Waals surface area contributed by atoms with Crippen molar-refractivity contribution < 1.29 is 48.9 Å². The molecule has 0 atom stereocenters. The Kier molecular flexibility index (Phi) is 56.1. The molecule has 0 radical (unpaired) electrons. The molecule has 23 heteroatoms. The molecule has 0 aromatic carbocycles. The van der Waals surface area contributed by atoms with Gasteiger partial charge < -0.3 is 74.6 Å². The minimum Gasteiger partial charge on any atom is -0.395 e. The average Bonchev–Trinajstić information content (AvgIpc) is 2.90. The number of nitrogens with zero attached hydrogens (tertiary/aromatic N) is 3. The van der Waals surface area contributed by atoms with Gasteiger partial charge in [0, 0.05) is 67.0 Å². The summed E-state index contributed by atoms with van der Waals surface area (Å²) in [4.78, 5) is 71.6. The molecule has 0 aliphatic rings. The Labute approximate surface area is 256 Å². The van der Waals surface area contributed by atoms with Crippen molar-refractivity contribution in [3.8, 4) is 0 Å². The number of carbonyl (C=O) groups excluding carboxylic acids is 7. The number of hydrogen-bond acceptors (Lipinski definition) is 13. The number of hydrogen-bond donors (Lipinski definition) is 13. The molecule has 260 valence electrons. The van der Waals surface area contributed by atoms with Gasteiger partial charge in [-0.15, -0.1) is 0 Å². The highest BCUT2D eigenvalue weighted by Gasteiger charge is 2.02. The van der Waals surface area contributed by atoms with E-state index in [2.05, 4.69) is 16.0 Å². The summed E-state index contributed by atoms with van der Waals surface area (Å²) in [6.07, 6.45) is 1.50. The first kappa shape index (κ1) is 55.0. The monoisotopic (exact) mass is 645 g/mol. The highest BCUT2D eigenvalue weighted by Crippen LogP contribution is 1.78. The molecule has 23 nitrogen and oxygen atoms in total.